The fourth-order valence-electron chi connectivity index (χ4n) is 8.11. The Kier molecular flexibility index (Phi) is 8.97. The van der Waals surface area contributed by atoms with Gasteiger partial charge >= 0.3 is 0 Å². The number of phenols is 1. The number of benzene rings is 3. The van der Waals surface area contributed by atoms with E-state index in [1.54, 1.807) is 19.2 Å². The maximum absolute atomic E-state index is 12.1. The Morgan fingerprint density at radius 1 is 0.917 bits per heavy atom. The molecule has 0 saturated heterocycles. The SMILES string of the molecule is CCNC1(Oc2cc(OC)c3c4c2C(O)Nc2cc5c(c(c2-4)CC3)C(O)C(c2cc(OC)c(O)c(OCCCO)c2)CO5)CCCCC1. The van der Waals surface area contributed by atoms with E-state index < -0.39 is 24.0 Å². The van der Waals surface area contributed by atoms with E-state index in [1.807, 2.05) is 12.1 Å². The van der Waals surface area contributed by atoms with Crippen LogP contribution in [0.5, 0.6) is 34.5 Å². The number of hydrogen-bond acceptors (Lipinski definition) is 11. The van der Waals surface area contributed by atoms with E-state index in [0.717, 1.165) is 60.2 Å². The lowest BCUT2D eigenvalue weighted by Crippen LogP contribution is -2.51. The van der Waals surface area contributed by atoms with Crippen LogP contribution in [0.3, 0.4) is 0 Å². The number of aliphatic hydroxyl groups excluding tert-OH is 3. The van der Waals surface area contributed by atoms with E-state index in [-0.39, 0.29) is 37.1 Å². The molecule has 0 spiro atoms. The van der Waals surface area contributed by atoms with Gasteiger partial charge in [-0.15, -0.1) is 0 Å². The minimum Gasteiger partial charge on any atom is -0.502 e. The first-order chi connectivity index (χ1) is 23.3. The van der Waals surface area contributed by atoms with Crippen molar-refractivity contribution in [3.63, 3.8) is 0 Å². The number of aliphatic hydroxyl groups is 3. The van der Waals surface area contributed by atoms with Crippen molar-refractivity contribution in [2.45, 2.75) is 82.3 Å². The van der Waals surface area contributed by atoms with E-state index in [9.17, 15) is 20.4 Å². The highest BCUT2D eigenvalue weighted by atomic mass is 16.5. The van der Waals surface area contributed by atoms with E-state index in [1.165, 1.54) is 13.5 Å². The second kappa shape index (κ2) is 13.2. The molecule has 7 rings (SSSR count). The molecule has 1 fully saturated rings. The number of rotatable bonds is 11. The lowest BCUT2D eigenvalue weighted by atomic mass is 9.74. The summed E-state index contributed by atoms with van der Waals surface area (Å²) in [6.07, 6.45) is 4.77. The largest absolute Gasteiger partial charge is 0.502 e. The zero-order chi connectivity index (χ0) is 33.6. The monoisotopic (exact) mass is 662 g/mol. The van der Waals surface area contributed by atoms with Crippen molar-refractivity contribution in [2.75, 3.05) is 45.9 Å². The molecule has 11 nitrogen and oxygen atoms in total. The van der Waals surface area contributed by atoms with Gasteiger partial charge < -0.3 is 49.4 Å². The fourth-order valence-corrected chi connectivity index (χ4v) is 8.11. The van der Waals surface area contributed by atoms with Crippen LogP contribution in [0.15, 0.2) is 24.3 Å². The number of nitrogens with one attached hydrogen (secondary N) is 2. The summed E-state index contributed by atoms with van der Waals surface area (Å²) in [5.41, 5.74) is 6.04. The van der Waals surface area contributed by atoms with Crippen molar-refractivity contribution in [1.29, 1.82) is 0 Å². The Balaban J connectivity index is 1.33. The number of aromatic hydroxyl groups is 1. The predicted octanol–water partition coefficient (Wildman–Crippen LogP) is 5.21. The van der Waals surface area contributed by atoms with Gasteiger partial charge in [-0.1, -0.05) is 13.3 Å². The molecular formula is C37H46N2O9. The van der Waals surface area contributed by atoms with Gasteiger partial charge in [-0.25, -0.2) is 0 Å². The molecule has 0 bridgehead atoms. The first kappa shape index (κ1) is 32.6. The van der Waals surface area contributed by atoms with Crippen LogP contribution in [0.4, 0.5) is 5.69 Å². The van der Waals surface area contributed by atoms with Gasteiger partial charge in [0.25, 0.3) is 0 Å². The van der Waals surface area contributed by atoms with Crippen LogP contribution in [0, 0.1) is 0 Å². The van der Waals surface area contributed by atoms with Gasteiger partial charge in [0.1, 0.15) is 17.2 Å². The molecule has 0 amide bonds. The molecule has 0 radical (unpaired) electrons. The minimum absolute atomic E-state index is 0.0383. The van der Waals surface area contributed by atoms with Crippen LogP contribution in [-0.4, -0.2) is 66.7 Å². The third kappa shape index (κ3) is 5.46. The topological polar surface area (TPSA) is 151 Å². The average molecular weight is 663 g/mol. The third-order valence-electron chi connectivity index (χ3n) is 10.3. The molecule has 48 heavy (non-hydrogen) atoms. The molecule has 3 aromatic rings. The van der Waals surface area contributed by atoms with E-state index in [0.29, 0.717) is 53.2 Å². The summed E-state index contributed by atoms with van der Waals surface area (Å²) in [6.45, 7) is 3.20. The second-order valence-corrected chi connectivity index (χ2v) is 13.1. The van der Waals surface area contributed by atoms with E-state index in [4.69, 9.17) is 23.7 Å². The van der Waals surface area contributed by atoms with Crippen molar-refractivity contribution < 1.29 is 44.1 Å². The molecule has 2 aliphatic carbocycles. The summed E-state index contributed by atoms with van der Waals surface area (Å²) in [6, 6.07) is 7.20. The van der Waals surface area contributed by atoms with Crippen molar-refractivity contribution in [2.24, 2.45) is 0 Å². The zero-order valence-corrected chi connectivity index (χ0v) is 27.9. The summed E-state index contributed by atoms with van der Waals surface area (Å²) in [5.74, 6) is 1.68. The van der Waals surface area contributed by atoms with Gasteiger partial charge in [-0.2, -0.15) is 0 Å². The first-order valence-corrected chi connectivity index (χ1v) is 17.1. The van der Waals surface area contributed by atoms with Crippen LogP contribution in [0.2, 0.25) is 0 Å². The van der Waals surface area contributed by atoms with Crippen LogP contribution in [0.1, 0.15) is 91.5 Å². The molecule has 2 aliphatic heterocycles. The molecule has 6 N–H and O–H groups in total. The number of fused-ring (bicyclic) bond motifs is 2. The highest BCUT2D eigenvalue weighted by molar-refractivity contribution is 5.93. The van der Waals surface area contributed by atoms with Crippen LogP contribution >= 0.6 is 0 Å². The fraction of sp³-hybridized carbons (Fsp3) is 0.514. The van der Waals surface area contributed by atoms with Crippen molar-refractivity contribution >= 4 is 5.69 Å². The zero-order valence-electron chi connectivity index (χ0n) is 27.9. The van der Waals surface area contributed by atoms with Crippen LogP contribution < -0.4 is 34.3 Å². The van der Waals surface area contributed by atoms with Gasteiger partial charge in [0, 0.05) is 71.9 Å². The minimum atomic E-state index is -1.02. The van der Waals surface area contributed by atoms with E-state index >= 15 is 0 Å². The summed E-state index contributed by atoms with van der Waals surface area (Å²) in [7, 11) is 3.13. The van der Waals surface area contributed by atoms with Gasteiger partial charge in [-0.05, 0) is 55.5 Å². The number of ether oxygens (including phenoxy) is 5. The molecule has 0 aromatic heterocycles. The van der Waals surface area contributed by atoms with Crippen LogP contribution in [0.25, 0.3) is 11.1 Å². The molecule has 3 aromatic carbocycles. The predicted molar refractivity (Wildman–Crippen MR) is 180 cm³/mol. The van der Waals surface area contributed by atoms with E-state index in [2.05, 4.69) is 17.6 Å². The normalized spacial score (nSPS) is 21.7. The maximum atomic E-state index is 12.1. The number of hydrogen-bond donors (Lipinski definition) is 6. The van der Waals surface area contributed by atoms with Crippen molar-refractivity contribution in [1.82, 2.24) is 5.32 Å². The maximum Gasteiger partial charge on any atom is 0.200 e. The highest BCUT2D eigenvalue weighted by Crippen LogP contribution is 2.58. The lowest BCUT2D eigenvalue weighted by Gasteiger charge is -2.42. The molecule has 11 heteroatoms. The standard InChI is InChI=1S/C37H46N2O9/c1-4-38-37(11-6-5-7-12-37)48-27-18-25(44-2)21-9-10-22-30-24(39-36(43)33(27)32(21)30)17-26-31(22)34(41)23(19-47-26)20-15-28(45-3)35(42)29(16-20)46-14-8-13-40/h15-18,23,34,36,38-43H,4-14,19H2,1-3H3. The Bertz CT molecular complexity index is 1680. The summed E-state index contributed by atoms with van der Waals surface area (Å²) in [5, 5.41) is 50.6. The Hall–Kier alpha value is -3.90. The molecular weight excluding hydrogens is 616 g/mol. The molecule has 3 atom stereocenters. The highest BCUT2D eigenvalue weighted by Gasteiger charge is 2.43. The number of anilines is 1. The van der Waals surface area contributed by atoms with Crippen LogP contribution in [-0.2, 0) is 12.8 Å². The third-order valence-corrected chi connectivity index (χ3v) is 10.3. The summed E-state index contributed by atoms with van der Waals surface area (Å²) in [4.78, 5) is 0. The van der Waals surface area contributed by atoms with Crippen molar-refractivity contribution in [3.8, 4) is 45.6 Å². The molecule has 1 saturated carbocycles. The van der Waals surface area contributed by atoms with Gasteiger partial charge in [0.15, 0.2) is 23.5 Å². The Morgan fingerprint density at radius 3 is 2.40 bits per heavy atom. The second-order valence-electron chi connectivity index (χ2n) is 13.1. The van der Waals surface area contributed by atoms with Gasteiger partial charge in [0.05, 0.1) is 39.1 Å². The summed E-state index contributed by atoms with van der Waals surface area (Å²) < 4.78 is 30.4. The smallest absolute Gasteiger partial charge is 0.200 e. The Labute approximate surface area is 280 Å². The quantitative estimate of drug-likeness (QED) is 0.119. The number of methoxy groups -OCH3 is 2. The van der Waals surface area contributed by atoms with Gasteiger partial charge in [-0.3, -0.25) is 5.32 Å². The molecule has 258 valence electrons. The number of phenolic OH excluding ortho intramolecular Hbond substituents is 1. The summed E-state index contributed by atoms with van der Waals surface area (Å²) >= 11 is 0. The Morgan fingerprint density at radius 2 is 1.67 bits per heavy atom. The molecule has 3 unspecified atom stereocenters. The molecule has 4 aliphatic rings. The molecule has 2 heterocycles. The van der Waals surface area contributed by atoms with Crippen molar-refractivity contribution in [3.05, 3.63) is 52.1 Å². The lowest BCUT2D eigenvalue weighted by molar-refractivity contribution is -0.00334. The van der Waals surface area contributed by atoms with Gasteiger partial charge in [0.2, 0.25) is 5.75 Å². The average Bonchev–Trinajstić information content (AvgIpc) is 3.08. The first-order valence-electron chi connectivity index (χ1n) is 17.1.